The van der Waals surface area contributed by atoms with Crippen molar-refractivity contribution in [1.29, 1.82) is 0 Å². The fourth-order valence-corrected chi connectivity index (χ4v) is 2.38. The second kappa shape index (κ2) is 6.12. The Labute approximate surface area is 116 Å². The third-order valence-corrected chi connectivity index (χ3v) is 4.20. The van der Waals surface area contributed by atoms with E-state index in [0.717, 1.165) is 11.4 Å². The standard InChI is InChI=1S/C12H19N5OS/c1-5-9-6-14-11(19-9)8(3)15-12-17-16-10(18-12)7(2)13-4/h6-8,13H,5H2,1-4H3,(H,15,17). The number of aromatic nitrogens is 3. The Kier molecular flexibility index (Phi) is 4.49. The van der Waals surface area contributed by atoms with Crippen molar-refractivity contribution in [2.45, 2.75) is 39.3 Å². The van der Waals surface area contributed by atoms with Crippen LogP contribution in [0.2, 0.25) is 0 Å². The van der Waals surface area contributed by atoms with Gasteiger partial charge in [0.2, 0.25) is 5.89 Å². The second-order valence-electron chi connectivity index (χ2n) is 4.34. The monoisotopic (exact) mass is 281 g/mol. The first-order chi connectivity index (χ1) is 9.13. The van der Waals surface area contributed by atoms with Crippen LogP contribution in [0, 0.1) is 0 Å². The summed E-state index contributed by atoms with van der Waals surface area (Å²) >= 11 is 1.70. The predicted molar refractivity (Wildman–Crippen MR) is 75.3 cm³/mol. The van der Waals surface area contributed by atoms with Gasteiger partial charge in [-0.3, -0.25) is 0 Å². The molecule has 0 bridgehead atoms. The number of anilines is 1. The van der Waals surface area contributed by atoms with Gasteiger partial charge in [0.05, 0.1) is 12.1 Å². The molecule has 19 heavy (non-hydrogen) atoms. The number of nitrogens with one attached hydrogen (secondary N) is 2. The van der Waals surface area contributed by atoms with Gasteiger partial charge >= 0.3 is 6.01 Å². The smallest absolute Gasteiger partial charge is 0.316 e. The van der Waals surface area contributed by atoms with Gasteiger partial charge in [-0.25, -0.2) is 4.98 Å². The van der Waals surface area contributed by atoms with Crippen LogP contribution in [0.4, 0.5) is 6.01 Å². The predicted octanol–water partition coefficient (Wildman–Crippen LogP) is 2.54. The molecule has 0 amide bonds. The SMILES string of the molecule is CCc1cnc(C(C)Nc2nnc(C(C)NC)o2)s1. The second-order valence-corrected chi connectivity index (χ2v) is 5.49. The Bertz CT molecular complexity index is 524. The number of nitrogens with zero attached hydrogens (tertiary/aromatic N) is 3. The normalized spacial score (nSPS) is 14.3. The van der Waals surface area contributed by atoms with Gasteiger partial charge in [0.15, 0.2) is 0 Å². The first-order valence-electron chi connectivity index (χ1n) is 6.35. The van der Waals surface area contributed by atoms with E-state index in [-0.39, 0.29) is 12.1 Å². The van der Waals surface area contributed by atoms with E-state index in [0.29, 0.717) is 11.9 Å². The van der Waals surface area contributed by atoms with Crippen LogP contribution >= 0.6 is 11.3 Å². The van der Waals surface area contributed by atoms with Crippen LogP contribution in [-0.2, 0) is 6.42 Å². The summed E-state index contributed by atoms with van der Waals surface area (Å²) in [6.45, 7) is 6.12. The molecular weight excluding hydrogens is 262 g/mol. The topological polar surface area (TPSA) is 75.9 Å². The van der Waals surface area contributed by atoms with Gasteiger partial charge < -0.3 is 15.1 Å². The Hall–Kier alpha value is -1.47. The Morgan fingerprint density at radius 2 is 2.11 bits per heavy atom. The van der Waals surface area contributed by atoms with Crippen molar-refractivity contribution >= 4 is 17.4 Å². The van der Waals surface area contributed by atoms with Gasteiger partial charge in [0, 0.05) is 11.1 Å². The molecule has 2 rings (SSSR count). The van der Waals surface area contributed by atoms with Crippen LogP contribution in [0.1, 0.15) is 48.6 Å². The number of aryl methyl sites for hydroxylation is 1. The number of thiazole rings is 1. The summed E-state index contributed by atoms with van der Waals surface area (Å²) in [4.78, 5) is 5.67. The lowest BCUT2D eigenvalue weighted by atomic mass is 10.3. The van der Waals surface area contributed by atoms with Crippen molar-refractivity contribution in [1.82, 2.24) is 20.5 Å². The van der Waals surface area contributed by atoms with Crippen molar-refractivity contribution in [3.63, 3.8) is 0 Å². The number of hydrogen-bond acceptors (Lipinski definition) is 7. The van der Waals surface area contributed by atoms with E-state index in [9.17, 15) is 0 Å². The Balaban J connectivity index is 2.02. The van der Waals surface area contributed by atoms with Crippen molar-refractivity contribution < 1.29 is 4.42 Å². The summed E-state index contributed by atoms with van der Waals surface area (Å²) < 4.78 is 5.54. The van der Waals surface area contributed by atoms with Crippen LogP contribution in [0.25, 0.3) is 0 Å². The van der Waals surface area contributed by atoms with Gasteiger partial charge in [0.25, 0.3) is 0 Å². The lowest BCUT2D eigenvalue weighted by molar-refractivity contribution is 0.439. The van der Waals surface area contributed by atoms with E-state index in [1.165, 1.54) is 4.88 Å². The van der Waals surface area contributed by atoms with Crippen molar-refractivity contribution in [2.75, 3.05) is 12.4 Å². The Morgan fingerprint density at radius 1 is 1.32 bits per heavy atom. The maximum Gasteiger partial charge on any atom is 0.316 e. The molecule has 2 heterocycles. The summed E-state index contributed by atoms with van der Waals surface area (Å²) in [7, 11) is 1.85. The molecule has 2 atom stereocenters. The lowest BCUT2D eigenvalue weighted by Gasteiger charge is -2.08. The number of hydrogen-bond donors (Lipinski definition) is 2. The highest BCUT2D eigenvalue weighted by molar-refractivity contribution is 7.11. The van der Waals surface area contributed by atoms with Gasteiger partial charge in [-0.1, -0.05) is 12.0 Å². The molecular formula is C12H19N5OS. The fraction of sp³-hybridized carbons (Fsp3) is 0.583. The number of rotatable bonds is 6. The molecule has 7 heteroatoms. The molecule has 0 fully saturated rings. The van der Waals surface area contributed by atoms with Crippen LogP contribution in [0.3, 0.4) is 0 Å². The van der Waals surface area contributed by atoms with E-state index in [1.54, 1.807) is 11.3 Å². The molecule has 0 saturated carbocycles. The van der Waals surface area contributed by atoms with E-state index in [1.807, 2.05) is 27.1 Å². The highest BCUT2D eigenvalue weighted by atomic mass is 32.1. The molecule has 2 aromatic heterocycles. The largest absolute Gasteiger partial charge is 0.406 e. The Morgan fingerprint density at radius 3 is 2.74 bits per heavy atom. The van der Waals surface area contributed by atoms with Gasteiger partial charge in [-0.15, -0.1) is 16.4 Å². The molecule has 104 valence electrons. The summed E-state index contributed by atoms with van der Waals surface area (Å²) in [5.74, 6) is 0.575. The van der Waals surface area contributed by atoms with Crippen molar-refractivity contribution in [2.24, 2.45) is 0 Å². The zero-order valence-electron chi connectivity index (χ0n) is 11.6. The van der Waals surface area contributed by atoms with E-state index >= 15 is 0 Å². The van der Waals surface area contributed by atoms with Crippen molar-refractivity contribution in [3.8, 4) is 0 Å². The van der Waals surface area contributed by atoms with E-state index < -0.39 is 0 Å². The van der Waals surface area contributed by atoms with Crippen LogP contribution < -0.4 is 10.6 Å². The van der Waals surface area contributed by atoms with Gasteiger partial charge in [-0.2, -0.15) is 0 Å². The molecule has 0 saturated heterocycles. The molecule has 0 aliphatic heterocycles. The van der Waals surface area contributed by atoms with E-state index in [4.69, 9.17) is 4.42 Å². The van der Waals surface area contributed by atoms with Gasteiger partial charge in [-0.05, 0) is 27.3 Å². The molecule has 6 nitrogen and oxygen atoms in total. The quantitative estimate of drug-likeness (QED) is 0.847. The van der Waals surface area contributed by atoms with Crippen molar-refractivity contribution in [3.05, 3.63) is 22.0 Å². The summed E-state index contributed by atoms with van der Waals surface area (Å²) in [6, 6.07) is 0.534. The van der Waals surface area contributed by atoms with Crippen LogP contribution in [0.15, 0.2) is 10.6 Å². The molecule has 0 aliphatic rings. The minimum absolute atomic E-state index is 0.0462. The molecule has 0 aromatic carbocycles. The first-order valence-corrected chi connectivity index (χ1v) is 7.17. The van der Waals surface area contributed by atoms with Crippen LogP contribution in [0.5, 0.6) is 0 Å². The highest BCUT2D eigenvalue weighted by Crippen LogP contribution is 2.24. The summed E-state index contributed by atoms with van der Waals surface area (Å²) in [5.41, 5.74) is 0. The third-order valence-electron chi connectivity index (χ3n) is 2.87. The minimum atomic E-state index is 0.0462. The molecule has 2 unspecified atom stereocenters. The van der Waals surface area contributed by atoms with Gasteiger partial charge in [0.1, 0.15) is 5.01 Å². The molecule has 2 N–H and O–H groups in total. The molecule has 0 aliphatic carbocycles. The zero-order valence-corrected chi connectivity index (χ0v) is 12.4. The summed E-state index contributed by atoms with van der Waals surface area (Å²) in [5, 5.41) is 15.2. The highest BCUT2D eigenvalue weighted by Gasteiger charge is 2.15. The molecule has 0 radical (unpaired) electrons. The van der Waals surface area contributed by atoms with Crippen LogP contribution in [-0.4, -0.2) is 22.2 Å². The maximum absolute atomic E-state index is 5.54. The minimum Gasteiger partial charge on any atom is -0.406 e. The first kappa shape index (κ1) is 14.0. The maximum atomic E-state index is 5.54. The average Bonchev–Trinajstić information content (AvgIpc) is 3.06. The van der Waals surface area contributed by atoms with E-state index in [2.05, 4.69) is 32.7 Å². The third kappa shape index (κ3) is 3.30. The zero-order chi connectivity index (χ0) is 13.8. The fourth-order valence-electron chi connectivity index (χ4n) is 1.52. The molecule has 2 aromatic rings. The lowest BCUT2D eigenvalue weighted by Crippen LogP contribution is -2.12. The summed E-state index contributed by atoms with van der Waals surface area (Å²) in [6.07, 6.45) is 2.93. The molecule has 0 spiro atoms. The average molecular weight is 281 g/mol.